The summed E-state index contributed by atoms with van der Waals surface area (Å²) < 4.78 is 0. The molecule has 0 aromatic carbocycles. The Kier molecular flexibility index (Phi) is 2.51. The van der Waals surface area contributed by atoms with Crippen molar-refractivity contribution in [2.75, 3.05) is 11.4 Å². The van der Waals surface area contributed by atoms with Crippen molar-refractivity contribution in [3.63, 3.8) is 0 Å². The van der Waals surface area contributed by atoms with Gasteiger partial charge in [-0.3, -0.25) is 15.0 Å². The molecule has 0 atom stereocenters. The first kappa shape index (κ1) is 9.85. The second-order valence-corrected chi connectivity index (χ2v) is 3.38. The third-order valence-corrected chi connectivity index (χ3v) is 2.16. The molecule has 1 aliphatic heterocycles. The Bertz CT molecular complexity index is 423. The Morgan fingerprint density at radius 1 is 1.47 bits per heavy atom. The standard InChI is InChI=1S/C8H7ClN4O2/c9-6-3-5(4-10-12-6)13-2-1-7(14)11-8(13)15/h3-4H,1-2H2,(H,11,14,15). The number of rotatable bonds is 1. The maximum atomic E-state index is 11.4. The highest BCUT2D eigenvalue weighted by Crippen LogP contribution is 2.17. The number of carbonyl (C=O) groups excluding carboxylic acids is 2. The van der Waals surface area contributed by atoms with Gasteiger partial charge in [0.05, 0.1) is 11.9 Å². The van der Waals surface area contributed by atoms with Gasteiger partial charge in [-0.25, -0.2) is 4.79 Å². The minimum absolute atomic E-state index is 0.206. The van der Waals surface area contributed by atoms with Gasteiger partial charge in [-0.2, -0.15) is 5.10 Å². The predicted molar refractivity (Wildman–Crippen MR) is 52.5 cm³/mol. The first-order valence-corrected chi connectivity index (χ1v) is 4.64. The Balaban J connectivity index is 2.24. The average molecular weight is 227 g/mol. The summed E-state index contributed by atoms with van der Waals surface area (Å²) in [5.41, 5.74) is 0.528. The van der Waals surface area contributed by atoms with Crippen molar-refractivity contribution >= 4 is 29.2 Å². The number of nitrogens with zero attached hydrogens (tertiary/aromatic N) is 3. The zero-order valence-corrected chi connectivity index (χ0v) is 8.36. The predicted octanol–water partition coefficient (Wildman–Crippen LogP) is 0.576. The van der Waals surface area contributed by atoms with Crippen LogP contribution in [0.1, 0.15) is 6.42 Å². The molecule has 0 radical (unpaired) electrons. The number of hydrogen-bond donors (Lipinski definition) is 1. The van der Waals surface area contributed by atoms with Crippen molar-refractivity contribution in [3.8, 4) is 0 Å². The molecule has 0 saturated carbocycles. The van der Waals surface area contributed by atoms with E-state index in [1.54, 1.807) is 0 Å². The smallest absolute Gasteiger partial charge is 0.292 e. The van der Waals surface area contributed by atoms with Crippen LogP contribution in [0.15, 0.2) is 12.3 Å². The van der Waals surface area contributed by atoms with Gasteiger partial charge in [0.25, 0.3) is 0 Å². The fourth-order valence-electron chi connectivity index (χ4n) is 1.29. The molecule has 3 amide bonds. The minimum Gasteiger partial charge on any atom is -0.292 e. The molecule has 0 aliphatic carbocycles. The second kappa shape index (κ2) is 3.82. The van der Waals surface area contributed by atoms with Crippen LogP contribution in [0.3, 0.4) is 0 Å². The fraction of sp³-hybridized carbons (Fsp3) is 0.250. The summed E-state index contributed by atoms with van der Waals surface area (Å²) in [5.74, 6) is -0.274. The van der Waals surface area contributed by atoms with Crippen molar-refractivity contribution in [2.45, 2.75) is 6.42 Å². The first-order chi connectivity index (χ1) is 7.16. The molecule has 1 fully saturated rings. The van der Waals surface area contributed by atoms with Gasteiger partial charge in [0, 0.05) is 19.0 Å². The molecule has 7 heteroatoms. The molecule has 1 aliphatic rings. The number of halogens is 1. The molecule has 0 bridgehead atoms. The molecule has 0 unspecified atom stereocenters. The lowest BCUT2D eigenvalue weighted by molar-refractivity contribution is -0.120. The van der Waals surface area contributed by atoms with Crippen molar-refractivity contribution < 1.29 is 9.59 Å². The van der Waals surface area contributed by atoms with Gasteiger partial charge in [0.1, 0.15) is 0 Å². The largest absolute Gasteiger partial charge is 0.328 e. The second-order valence-electron chi connectivity index (χ2n) is 2.99. The highest BCUT2D eigenvalue weighted by molar-refractivity contribution is 6.29. The van der Waals surface area contributed by atoms with E-state index in [1.807, 2.05) is 0 Å². The number of imide groups is 1. The lowest BCUT2D eigenvalue weighted by atomic mass is 10.3. The van der Waals surface area contributed by atoms with Crippen LogP contribution >= 0.6 is 11.6 Å². The number of carbonyl (C=O) groups is 2. The molecule has 78 valence electrons. The van der Waals surface area contributed by atoms with E-state index >= 15 is 0 Å². The maximum absolute atomic E-state index is 11.4. The maximum Gasteiger partial charge on any atom is 0.328 e. The van der Waals surface area contributed by atoms with Crippen LogP contribution in [-0.4, -0.2) is 28.7 Å². The van der Waals surface area contributed by atoms with Crippen LogP contribution in [0, 0.1) is 0 Å². The number of hydrogen-bond acceptors (Lipinski definition) is 4. The summed E-state index contributed by atoms with van der Waals surface area (Å²) in [6, 6.07) is 1.06. The molecule has 2 heterocycles. The van der Waals surface area contributed by atoms with Gasteiger partial charge in [-0.05, 0) is 0 Å². The third-order valence-electron chi connectivity index (χ3n) is 1.98. The van der Waals surface area contributed by atoms with Crippen LogP contribution < -0.4 is 10.2 Å². The minimum atomic E-state index is -0.463. The SMILES string of the molecule is O=C1CCN(c2cnnc(Cl)c2)C(=O)N1. The van der Waals surface area contributed by atoms with E-state index in [2.05, 4.69) is 15.5 Å². The van der Waals surface area contributed by atoms with Crippen molar-refractivity contribution in [1.29, 1.82) is 0 Å². The van der Waals surface area contributed by atoms with E-state index in [1.165, 1.54) is 17.2 Å². The van der Waals surface area contributed by atoms with Gasteiger partial charge < -0.3 is 0 Å². The van der Waals surface area contributed by atoms with Crippen molar-refractivity contribution in [1.82, 2.24) is 15.5 Å². The van der Waals surface area contributed by atoms with Crippen LogP contribution in [0.25, 0.3) is 0 Å². The zero-order valence-electron chi connectivity index (χ0n) is 7.61. The Labute approximate surface area is 90.2 Å². The summed E-state index contributed by atoms with van der Waals surface area (Å²) in [4.78, 5) is 23.7. The lowest BCUT2D eigenvalue weighted by Gasteiger charge is -2.25. The Hall–Kier alpha value is -1.69. The molecule has 6 nitrogen and oxygen atoms in total. The molecule has 0 spiro atoms. The summed E-state index contributed by atoms with van der Waals surface area (Å²) >= 11 is 5.64. The molecular formula is C8H7ClN4O2. The van der Waals surface area contributed by atoms with Crippen LogP contribution in [0.5, 0.6) is 0 Å². The molecule has 2 rings (SSSR count). The Morgan fingerprint density at radius 2 is 2.27 bits per heavy atom. The van der Waals surface area contributed by atoms with Crippen LogP contribution in [-0.2, 0) is 4.79 Å². The van der Waals surface area contributed by atoms with Crippen LogP contribution in [0.4, 0.5) is 10.5 Å². The molecule has 1 aromatic heterocycles. The van der Waals surface area contributed by atoms with E-state index in [0.717, 1.165) is 0 Å². The fourth-order valence-corrected chi connectivity index (χ4v) is 1.44. The number of nitrogens with one attached hydrogen (secondary N) is 1. The summed E-state index contributed by atoms with van der Waals surface area (Å²) in [7, 11) is 0. The number of anilines is 1. The van der Waals surface area contributed by atoms with E-state index in [0.29, 0.717) is 12.2 Å². The summed E-state index contributed by atoms with van der Waals surface area (Å²) in [6.45, 7) is 0.326. The van der Waals surface area contributed by atoms with Gasteiger partial charge in [-0.15, -0.1) is 5.10 Å². The normalized spacial score (nSPS) is 16.5. The molecule has 15 heavy (non-hydrogen) atoms. The lowest BCUT2D eigenvalue weighted by Crippen LogP contribution is -2.49. The van der Waals surface area contributed by atoms with Crippen molar-refractivity contribution in [3.05, 3.63) is 17.4 Å². The number of urea groups is 1. The number of aromatic nitrogens is 2. The molecule has 1 aromatic rings. The molecule has 1 saturated heterocycles. The topological polar surface area (TPSA) is 75.2 Å². The number of amides is 3. The van der Waals surface area contributed by atoms with Gasteiger partial charge in [0.2, 0.25) is 5.91 Å². The van der Waals surface area contributed by atoms with E-state index < -0.39 is 6.03 Å². The quantitative estimate of drug-likeness (QED) is 0.760. The van der Waals surface area contributed by atoms with E-state index in [-0.39, 0.29) is 17.5 Å². The first-order valence-electron chi connectivity index (χ1n) is 4.26. The monoisotopic (exact) mass is 226 g/mol. The van der Waals surface area contributed by atoms with E-state index in [4.69, 9.17) is 11.6 Å². The zero-order chi connectivity index (χ0) is 10.8. The highest BCUT2D eigenvalue weighted by Gasteiger charge is 2.24. The molecule has 1 N–H and O–H groups in total. The Morgan fingerprint density at radius 3 is 2.93 bits per heavy atom. The van der Waals surface area contributed by atoms with Gasteiger partial charge >= 0.3 is 6.03 Å². The summed E-state index contributed by atoms with van der Waals surface area (Å²) in [5, 5.41) is 9.60. The highest BCUT2D eigenvalue weighted by atomic mass is 35.5. The van der Waals surface area contributed by atoms with Gasteiger partial charge in [0.15, 0.2) is 5.15 Å². The average Bonchev–Trinajstić information content (AvgIpc) is 2.17. The van der Waals surface area contributed by atoms with E-state index in [9.17, 15) is 9.59 Å². The molecular weight excluding hydrogens is 220 g/mol. The third kappa shape index (κ3) is 2.04. The van der Waals surface area contributed by atoms with Gasteiger partial charge in [-0.1, -0.05) is 11.6 Å². The van der Waals surface area contributed by atoms with Crippen LogP contribution in [0.2, 0.25) is 5.15 Å². The van der Waals surface area contributed by atoms with Crippen molar-refractivity contribution in [2.24, 2.45) is 0 Å². The summed E-state index contributed by atoms with van der Waals surface area (Å²) in [6.07, 6.45) is 1.69.